The van der Waals surface area contributed by atoms with E-state index < -0.39 is 11.7 Å². The number of rotatable bonds is 8. The Morgan fingerprint density at radius 2 is 1.54 bits per heavy atom. The van der Waals surface area contributed by atoms with Gasteiger partial charge in [0.15, 0.2) is 0 Å². The van der Waals surface area contributed by atoms with Crippen LogP contribution in [0.15, 0.2) is 83.7 Å². The maximum Gasteiger partial charge on any atom is 0.336 e. The Labute approximate surface area is 208 Å². The van der Waals surface area contributed by atoms with Crippen molar-refractivity contribution in [3.05, 3.63) is 117 Å². The van der Waals surface area contributed by atoms with E-state index in [-0.39, 0.29) is 29.6 Å². The van der Waals surface area contributed by atoms with Crippen molar-refractivity contribution in [3.63, 3.8) is 0 Å². The van der Waals surface area contributed by atoms with Crippen molar-refractivity contribution in [2.45, 2.75) is 32.7 Å². The number of aromatic carboxylic acids is 1. The van der Waals surface area contributed by atoms with Crippen LogP contribution in [0.25, 0.3) is 11.1 Å². The molecule has 6 nitrogen and oxygen atoms in total. The molecule has 0 bridgehead atoms. The van der Waals surface area contributed by atoms with Crippen LogP contribution in [0.1, 0.15) is 45.3 Å². The van der Waals surface area contributed by atoms with Crippen molar-refractivity contribution in [2.24, 2.45) is 0 Å². The van der Waals surface area contributed by atoms with Crippen LogP contribution in [-0.2, 0) is 19.4 Å². The first-order valence-electron chi connectivity index (χ1n) is 11.4. The summed E-state index contributed by atoms with van der Waals surface area (Å²) in [5.74, 6) is -1.36. The molecule has 0 aliphatic carbocycles. The Hall–Kier alpha value is -3.90. The first-order valence-corrected chi connectivity index (χ1v) is 11.8. The van der Waals surface area contributed by atoms with Crippen LogP contribution in [0, 0.1) is 0 Å². The van der Waals surface area contributed by atoms with Crippen LogP contribution in [0.2, 0.25) is 5.15 Å². The zero-order valence-electron chi connectivity index (χ0n) is 19.3. The van der Waals surface area contributed by atoms with Crippen LogP contribution >= 0.6 is 11.6 Å². The second-order valence-corrected chi connectivity index (χ2v) is 8.65. The molecule has 0 aliphatic rings. The number of nitrogens with zero attached hydrogens (tertiary/aromatic N) is 2. The fourth-order valence-corrected chi connectivity index (χ4v) is 4.52. The van der Waals surface area contributed by atoms with E-state index in [9.17, 15) is 19.5 Å². The van der Waals surface area contributed by atoms with E-state index in [0.717, 1.165) is 27.7 Å². The highest BCUT2D eigenvalue weighted by atomic mass is 35.5. The summed E-state index contributed by atoms with van der Waals surface area (Å²) < 4.78 is 2.62. The van der Waals surface area contributed by atoms with Crippen LogP contribution < -0.4 is 5.69 Å². The summed E-state index contributed by atoms with van der Waals surface area (Å²) in [6, 6.07) is 23.4. The monoisotopic (exact) mass is 488 g/mol. The van der Waals surface area contributed by atoms with Crippen molar-refractivity contribution in [3.8, 4) is 11.1 Å². The molecule has 4 rings (SSSR count). The van der Waals surface area contributed by atoms with Gasteiger partial charge in [-0.15, -0.1) is 0 Å². The molecule has 1 aromatic heterocycles. The van der Waals surface area contributed by atoms with Gasteiger partial charge in [-0.25, -0.2) is 14.2 Å². The molecule has 0 spiro atoms. The Morgan fingerprint density at radius 3 is 2.20 bits per heavy atom. The molecule has 7 heteroatoms. The van der Waals surface area contributed by atoms with E-state index in [1.165, 1.54) is 0 Å². The molecule has 0 aliphatic heterocycles. The molecule has 4 aromatic rings. The molecule has 0 saturated heterocycles. The number of carbonyl (C=O) groups excluding carboxylic acids is 1. The summed E-state index contributed by atoms with van der Waals surface area (Å²) in [7, 11) is 0. The Balaban J connectivity index is 1.65. The lowest BCUT2D eigenvalue weighted by Crippen LogP contribution is -2.30. The summed E-state index contributed by atoms with van der Waals surface area (Å²) in [5.41, 5.74) is 3.42. The average Bonchev–Trinajstić information content (AvgIpc) is 3.09. The summed E-state index contributed by atoms with van der Waals surface area (Å²) in [6.07, 6.45) is 1.40. The maximum absolute atomic E-state index is 13.3. The Morgan fingerprint density at radius 1 is 0.886 bits per heavy atom. The van der Waals surface area contributed by atoms with Crippen LogP contribution in [-0.4, -0.2) is 26.1 Å². The Bertz CT molecular complexity index is 1420. The predicted molar refractivity (Wildman–Crippen MR) is 136 cm³/mol. The number of hydrogen-bond acceptors (Lipinski definition) is 3. The minimum Gasteiger partial charge on any atom is -0.478 e. The SMILES string of the molecule is CCCc1c(Cl)n(C(=O)Cc2ccccc2)c(=O)n1Cc1ccc(-c2ccccc2C(=O)O)cc1. The maximum atomic E-state index is 13.3. The fourth-order valence-electron chi connectivity index (χ4n) is 4.16. The van der Waals surface area contributed by atoms with Crippen LogP contribution in [0.4, 0.5) is 0 Å². The largest absolute Gasteiger partial charge is 0.478 e. The molecule has 0 saturated carbocycles. The highest BCUT2D eigenvalue weighted by Crippen LogP contribution is 2.25. The number of halogens is 1. The molecule has 1 heterocycles. The van der Waals surface area contributed by atoms with Gasteiger partial charge >= 0.3 is 11.7 Å². The molecular formula is C28H25ClN2O4. The number of aromatic nitrogens is 2. The second-order valence-electron chi connectivity index (χ2n) is 8.30. The minimum absolute atomic E-state index is 0.0771. The van der Waals surface area contributed by atoms with Gasteiger partial charge in [0.1, 0.15) is 5.15 Å². The van der Waals surface area contributed by atoms with Gasteiger partial charge in [-0.3, -0.25) is 9.36 Å². The highest BCUT2D eigenvalue weighted by molar-refractivity contribution is 6.31. The van der Waals surface area contributed by atoms with Gasteiger partial charge in [-0.05, 0) is 34.7 Å². The summed E-state index contributed by atoms with van der Waals surface area (Å²) in [4.78, 5) is 37.8. The van der Waals surface area contributed by atoms with Gasteiger partial charge in [-0.1, -0.05) is 97.7 Å². The number of imidazole rings is 1. The van der Waals surface area contributed by atoms with E-state index in [4.69, 9.17) is 11.6 Å². The van der Waals surface area contributed by atoms with Crippen molar-refractivity contribution >= 4 is 23.5 Å². The van der Waals surface area contributed by atoms with Gasteiger partial charge in [0.25, 0.3) is 0 Å². The predicted octanol–water partition coefficient (Wildman–Crippen LogP) is 5.55. The van der Waals surface area contributed by atoms with E-state index in [2.05, 4.69) is 0 Å². The quantitative estimate of drug-likeness (QED) is 0.352. The van der Waals surface area contributed by atoms with Gasteiger partial charge < -0.3 is 5.11 Å². The Kier molecular flexibility index (Phi) is 7.32. The molecule has 0 amide bonds. The smallest absolute Gasteiger partial charge is 0.336 e. The molecule has 0 radical (unpaired) electrons. The zero-order chi connectivity index (χ0) is 24.9. The fraction of sp³-hybridized carbons (Fsp3) is 0.179. The standard InChI is InChI=1S/C28H25ClN2O4/c1-2-8-24-26(29)31(25(32)17-19-9-4-3-5-10-19)28(35)30(24)18-20-13-15-21(16-14-20)22-11-6-7-12-23(22)27(33)34/h3-7,9-16H,2,8,17-18H2,1H3,(H,33,34). The van der Waals surface area contributed by atoms with Gasteiger partial charge in [0, 0.05) is 0 Å². The van der Waals surface area contributed by atoms with Crippen LogP contribution in [0.3, 0.4) is 0 Å². The molecule has 0 fully saturated rings. The number of carboxylic acids is 1. The number of carbonyl (C=O) groups is 2. The first kappa shape index (κ1) is 24.2. The molecule has 3 aromatic carbocycles. The summed E-state index contributed by atoms with van der Waals surface area (Å²) >= 11 is 6.56. The van der Waals surface area contributed by atoms with E-state index >= 15 is 0 Å². The zero-order valence-corrected chi connectivity index (χ0v) is 20.0. The first-order chi connectivity index (χ1) is 16.9. The third-order valence-electron chi connectivity index (χ3n) is 5.88. The van der Waals surface area contributed by atoms with Crippen molar-refractivity contribution in [1.82, 2.24) is 9.13 Å². The minimum atomic E-state index is -0.989. The molecule has 1 N–H and O–H groups in total. The second kappa shape index (κ2) is 10.6. The third-order valence-corrected chi connectivity index (χ3v) is 6.27. The molecular weight excluding hydrogens is 464 g/mol. The number of carboxylic acid groups (broad SMARTS) is 1. The molecule has 0 unspecified atom stereocenters. The van der Waals surface area contributed by atoms with E-state index in [1.54, 1.807) is 28.8 Å². The lowest BCUT2D eigenvalue weighted by atomic mass is 9.99. The van der Waals surface area contributed by atoms with Crippen molar-refractivity contribution < 1.29 is 14.7 Å². The lowest BCUT2D eigenvalue weighted by molar-refractivity contribution is 0.0697. The number of benzene rings is 3. The number of hydrogen-bond donors (Lipinski definition) is 1. The third kappa shape index (κ3) is 5.12. The molecule has 35 heavy (non-hydrogen) atoms. The molecule has 178 valence electrons. The summed E-state index contributed by atoms with van der Waals surface area (Å²) in [6.45, 7) is 2.24. The molecule has 0 atom stereocenters. The summed E-state index contributed by atoms with van der Waals surface area (Å²) in [5, 5.41) is 9.63. The van der Waals surface area contributed by atoms with E-state index in [1.807, 2.05) is 61.5 Å². The van der Waals surface area contributed by atoms with Gasteiger partial charge in [0.05, 0.1) is 24.2 Å². The van der Waals surface area contributed by atoms with Crippen molar-refractivity contribution in [2.75, 3.05) is 0 Å². The van der Waals surface area contributed by atoms with E-state index in [0.29, 0.717) is 17.7 Å². The lowest BCUT2D eigenvalue weighted by Gasteiger charge is -2.09. The van der Waals surface area contributed by atoms with Gasteiger partial charge in [-0.2, -0.15) is 0 Å². The van der Waals surface area contributed by atoms with Gasteiger partial charge in [0.2, 0.25) is 5.91 Å². The van der Waals surface area contributed by atoms with Crippen LogP contribution in [0.5, 0.6) is 0 Å². The van der Waals surface area contributed by atoms with Crippen molar-refractivity contribution in [1.29, 1.82) is 0 Å². The highest BCUT2D eigenvalue weighted by Gasteiger charge is 2.23. The average molecular weight is 489 g/mol. The normalized spacial score (nSPS) is 10.9. The topological polar surface area (TPSA) is 81.3 Å².